The van der Waals surface area contributed by atoms with Gasteiger partial charge in [0.1, 0.15) is 5.82 Å². The fourth-order valence-corrected chi connectivity index (χ4v) is 3.07. The molecular weight excluding hydrogens is 252 g/mol. The first kappa shape index (κ1) is 15.0. The number of carbonyl (C=O) groups is 1. The second-order valence-corrected chi connectivity index (χ2v) is 6.00. The van der Waals surface area contributed by atoms with Crippen molar-refractivity contribution < 1.29 is 4.79 Å². The number of hydrogen-bond acceptors (Lipinski definition) is 3. The average molecular weight is 278 g/mol. The fraction of sp³-hybridized carbons (Fsp3) is 0.733. The predicted molar refractivity (Wildman–Crippen MR) is 79.3 cm³/mol. The van der Waals surface area contributed by atoms with E-state index < -0.39 is 0 Å². The van der Waals surface area contributed by atoms with Gasteiger partial charge in [-0.1, -0.05) is 0 Å². The minimum Gasteiger partial charge on any atom is -0.354 e. The van der Waals surface area contributed by atoms with E-state index in [1.54, 1.807) is 6.92 Å². The number of hydrogen-bond donors (Lipinski definition) is 2. The Kier molecular flexibility index (Phi) is 4.81. The van der Waals surface area contributed by atoms with E-state index in [0.29, 0.717) is 5.92 Å². The van der Waals surface area contributed by atoms with Gasteiger partial charge in [-0.2, -0.15) is 0 Å². The van der Waals surface area contributed by atoms with E-state index in [-0.39, 0.29) is 11.9 Å². The van der Waals surface area contributed by atoms with Crippen LogP contribution in [0.5, 0.6) is 0 Å². The van der Waals surface area contributed by atoms with Crippen LogP contribution in [0.2, 0.25) is 0 Å². The highest BCUT2D eigenvalue weighted by atomic mass is 16.1. The molecule has 2 heterocycles. The number of rotatable bonds is 4. The van der Waals surface area contributed by atoms with E-state index in [2.05, 4.69) is 34.0 Å². The molecule has 0 bridgehead atoms. The lowest BCUT2D eigenvalue weighted by Gasteiger charge is -2.34. The SMILES string of the molecule is CC(=O)NC(C)C1CCN(Cc2nc(C)[nH]c2C)CC1. The van der Waals surface area contributed by atoms with Crippen molar-refractivity contribution in [3.05, 3.63) is 17.2 Å². The Morgan fingerprint density at radius 3 is 2.60 bits per heavy atom. The summed E-state index contributed by atoms with van der Waals surface area (Å²) in [6.07, 6.45) is 2.29. The van der Waals surface area contributed by atoms with Crippen LogP contribution >= 0.6 is 0 Å². The fourth-order valence-electron chi connectivity index (χ4n) is 3.07. The van der Waals surface area contributed by atoms with Crippen LogP contribution < -0.4 is 5.32 Å². The molecule has 1 atom stereocenters. The highest BCUT2D eigenvalue weighted by Crippen LogP contribution is 2.22. The normalized spacial score (nSPS) is 19.0. The first-order valence-corrected chi connectivity index (χ1v) is 7.47. The third-order valence-electron chi connectivity index (χ3n) is 4.25. The molecule has 1 fully saturated rings. The largest absolute Gasteiger partial charge is 0.354 e. The second-order valence-electron chi connectivity index (χ2n) is 6.00. The van der Waals surface area contributed by atoms with Gasteiger partial charge in [-0.3, -0.25) is 9.69 Å². The summed E-state index contributed by atoms with van der Waals surface area (Å²) in [5, 5.41) is 3.01. The Labute approximate surface area is 121 Å². The molecule has 0 saturated carbocycles. The highest BCUT2D eigenvalue weighted by molar-refractivity contribution is 5.73. The maximum atomic E-state index is 11.1. The molecule has 0 aliphatic carbocycles. The van der Waals surface area contributed by atoms with Crippen molar-refractivity contribution in [1.29, 1.82) is 0 Å². The maximum absolute atomic E-state index is 11.1. The lowest BCUT2D eigenvalue weighted by molar-refractivity contribution is -0.120. The number of H-pyrrole nitrogens is 1. The van der Waals surface area contributed by atoms with Crippen molar-refractivity contribution in [3.63, 3.8) is 0 Å². The van der Waals surface area contributed by atoms with Gasteiger partial charge in [0.25, 0.3) is 0 Å². The van der Waals surface area contributed by atoms with Crippen LogP contribution in [0.3, 0.4) is 0 Å². The van der Waals surface area contributed by atoms with E-state index in [4.69, 9.17) is 0 Å². The monoisotopic (exact) mass is 278 g/mol. The zero-order valence-electron chi connectivity index (χ0n) is 13.0. The Hall–Kier alpha value is -1.36. The van der Waals surface area contributed by atoms with Gasteiger partial charge < -0.3 is 10.3 Å². The van der Waals surface area contributed by atoms with Crippen molar-refractivity contribution in [2.75, 3.05) is 13.1 Å². The zero-order valence-corrected chi connectivity index (χ0v) is 13.0. The quantitative estimate of drug-likeness (QED) is 0.882. The third-order valence-corrected chi connectivity index (χ3v) is 4.25. The molecule has 0 radical (unpaired) electrons. The van der Waals surface area contributed by atoms with Gasteiger partial charge in [0.05, 0.1) is 5.69 Å². The number of imidazole rings is 1. The van der Waals surface area contributed by atoms with E-state index in [0.717, 1.165) is 44.0 Å². The molecule has 0 spiro atoms. The van der Waals surface area contributed by atoms with Gasteiger partial charge in [-0.25, -0.2) is 4.98 Å². The van der Waals surface area contributed by atoms with Gasteiger partial charge in [-0.15, -0.1) is 0 Å². The minimum atomic E-state index is 0.0718. The van der Waals surface area contributed by atoms with Crippen molar-refractivity contribution in [2.24, 2.45) is 5.92 Å². The molecule has 5 nitrogen and oxygen atoms in total. The zero-order chi connectivity index (χ0) is 14.7. The smallest absolute Gasteiger partial charge is 0.217 e. The lowest BCUT2D eigenvalue weighted by Crippen LogP contribution is -2.43. The van der Waals surface area contributed by atoms with Gasteiger partial charge in [0, 0.05) is 25.2 Å². The number of aromatic amines is 1. The van der Waals surface area contributed by atoms with E-state index >= 15 is 0 Å². The average Bonchev–Trinajstić information content (AvgIpc) is 2.68. The lowest BCUT2D eigenvalue weighted by atomic mass is 9.90. The number of piperidine rings is 1. The molecule has 1 aliphatic rings. The Bertz CT molecular complexity index is 460. The van der Waals surface area contributed by atoms with Crippen LogP contribution in [0, 0.1) is 19.8 Å². The van der Waals surface area contributed by atoms with Crippen LogP contribution in [0.15, 0.2) is 0 Å². The number of carbonyl (C=O) groups excluding carboxylic acids is 1. The molecule has 1 amide bonds. The number of aryl methyl sites for hydroxylation is 2. The summed E-state index contributed by atoms with van der Waals surface area (Å²) in [4.78, 5) is 21.4. The first-order chi connectivity index (χ1) is 9.45. The molecule has 1 aliphatic heterocycles. The van der Waals surface area contributed by atoms with Crippen LogP contribution in [0.25, 0.3) is 0 Å². The van der Waals surface area contributed by atoms with Crippen LogP contribution in [-0.4, -0.2) is 39.9 Å². The molecule has 0 aromatic carbocycles. The number of nitrogens with one attached hydrogen (secondary N) is 2. The minimum absolute atomic E-state index is 0.0718. The molecule has 2 N–H and O–H groups in total. The summed E-state index contributed by atoms with van der Waals surface area (Å²) in [6, 6.07) is 0.281. The van der Waals surface area contributed by atoms with E-state index in [9.17, 15) is 4.79 Å². The molecule has 1 unspecified atom stereocenters. The van der Waals surface area contributed by atoms with Crippen molar-refractivity contribution in [1.82, 2.24) is 20.2 Å². The Morgan fingerprint density at radius 2 is 2.10 bits per heavy atom. The Balaban J connectivity index is 1.82. The third kappa shape index (κ3) is 3.82. The van der Waals surface area contributed by atoms with E-state index in [1.165, 1.54) is 5.69 Å². The number of nitrogens with zero attached hydrogens (tertiary/aromatic N) is 2. The van der Waals surface area contributed by atoms with Gasteiger partial charge in [-0.05, 0) is 52.6 Å². The highest BCUT2D eigenvalue weighted by Gasteiger charge is 2.24. The number of likely N-dealkylation sites (tertiary alicyclic amines) is 1. The summed E-state index contributed by atoms with van der Waals surface area (Å²) >= 11 is 0. The van der Waals surface area contributed by atoms with Crippen LogP contribution in [0.4, 0.5) is 0 Å². The molecule has 5 heteroatoms. The number of amides is 1. The van der Waals surface area contributed by atoms with Gasteiger partial charge in [0.2, 0.25) is 5.91 Å². The van der Waals surface area contributed by atoms with Crippen molar-refractivity contribution in [2.45, 2.75) is 53.1 Å². The predicted octanol–water partition coefficient (Wildman–Crippen LogP) is 1.76. The standard InChI is InChI=1S/C15H26N4O/c1-10(17-13(4)20)14-5-7-19(8-6-14)9-15-11(2)16-12(3)18-15/h10,14H,5-9H2,1-4H3,(H,16,18)(H,17,20). The molecule has 1 saturated heterocycles. The topological polar surface area (TPSA) is 61.0 Å². The summed E-state index contributed by atoms with van der Waals surface area (Å²) in [6.45, 7) is 10.9. The maximum Gasteiger partial charge on any atom is 0.217 e. The van der Waals surface area contributed by atoms with Gasteiger partial charge >= 0.3 is 0 Å². The van der Waals surface area contributed by atoms with Gasteiger partial charge in [0.15, 0.2) is 0 Å². The first-order valence-electron chi connectivity index (χ1n) is 7.47. The second kappa shape index (κ2) is 6.39. The van der Waals surface area contributed by atoms with Crippen LogP contribution in [-0.2, 0) is 11.3 Å². The molecule has 112 valence electrons. The molecular formula is C15H26N4O. The molecule has 20 heavy (non-hydrogen) atoms. The molecule has 1 aromatic heterocycles. The molecule has 2 rings (SSSR count). The molecule has 1 aromatic rings. The summed E-state index contributed by atoms with van der Waals surface area (Å²) in [5.41, 5.74) is 2.34. The van der Waals surface area contributed by atoms with Crippen LogP contribution in [0.1, 0.15) is 43.9 Å². The van der Waals surface area contributed by atoms with E-state index in [1.807, 2.05) is 6.92 Å². The summed E-state index contributed by atoms with van der Waals surface area (Å²) < 4.78 is 0. The summed E-state index contributed by atoms with van der Waals surface area (Å²) in [7, 11) is 0. The van der Waals surface area contributed by atoms with Crippen molar-refractivity contribution in [3.8, 4) is 0 Å². The van der Waals surface area contributed by atoms with Crippen molar-refractivity contribution >= 4 is 5.91 Å². The summed E-state index contributed by atoms with van der Waals surface area (Å²) in [5.74, 6) is 1.66. The number of aromatic nitrogens is 2. The Morgan fingerprint density at radius 1 is 1.45 bits per heavy atom.